The molecule has 1 heterocycles. The number of nitrogens with one attached hydrogen (secondary N) is 1. The molecule has 2 rings (SSSR count). The number of rotatable bonds is 7. The monoisotopic (exact) mass is 324 g/mol. The van der Waals surface area contributed by atoms with Crippen LogP contribution in [0.3, 0.4) is 0 Å². The van der Waals surface area contributed by atoms with Gasteiger partial charge in [-0.25, -0.2) is 0 Å². The molecule has 1 N–H and O–H groups in total. The molecule has 1 aromatic carbocycles. The van der Waals surface area contributed by atoms with E-state index in [1.807, 2.05) is 30.8 Å². The zero-order valence-corrected chi connectivity index (χ0v) is 14.9. The fraction of sp³-hybridized carbons (Fsp3) is 0.562. The minimum atomic E-state index is 0.231. The lowest BCUT2D eigenvalue weighted by atomic mass is 10.0. The van der Waals surface area contributed by atoms with Gasteiger partial charge in [-0.1, -0.05) is 19.9 Å². The van der Waals surface area contributed by atoms with Crippen LogP contribution in [0.5, 0.6) is 5.75 Å². The molecule has 0 bridgehead atoms. The fourth-order valence-electron chi connectivity index (χ4n) is 2.70. The predicted octanol–water partition coefficient (Wildman–Crippen LogP) is 5.02. The third kappa shape index (κ3) is 3.14. The van der Waals surface area contributed by atoms with Crippen molar-refractivity contribution in [2.24, 2.45) is 0 Å². The van der Waals surface area contributed by atoms with Crippen molar-refractivity contribution >= 4 is 35.0 Å². The van der Waals surface area contributed by atoms with Gasteiger partial charge in [0.2, 0.25) is 0 Å². The van der Waals surface area contributed by atoms with Crippen LogP contribution in [0, 0.1) is 4.77 Å². The van der Waals surface area contributed by atoms with Crippen molar-refractivity contribution in [2.75, 3.05) is 12.9 Å². The normalized spacial score (nSPS) is 12.0. The Labute approximate surface area is 136 Å². The first-order chi connectivity index (χ1) is 10.1. The highest BCUT2D eigenvalue weighted by Crippen LogP contribution is 2.34. The number of imidazole rings is 1. The van der Waals surface area contributed by atoms with Crippen LogP contribution in [-0.4, -0.2) is 27.2 Å². The topological polar surface area (TPSA) is 29.9 Å². The highest BCUT2D eigenvalue weighted by molar-refractivity contribution is 8.00. The van der Waals surface area contributed by atoms with Crippen LogP contribution in [0.25, 0.3) is 11.0 Å². The highest BCUT2D eigenvalue weighted by atomic mass is 32.2. The van der Waals surface area contributed by atoms with Crippen molar-refractivity contribution in [2.45, 2.75) is 44.9 Å². The van der Waals surface area contributed by atoms with Crippen LogP contribution in [0.15, 0.2) is 18.2 Å². The molecule has 0 amide bonds. The van der Waals surface area contributed by atoms with Gasteiger partial charge in [-0.3, -0.25) is 0 Å². The van der Waals surface area contributed by atoms with Gasteiger partial charge >= 0.3 is 0 Å². The number of fused-ring (bicyclic) bond motifs is 1. The minimum absolute atomic E-state index is 0.231. The molecule has 0 unspecified atom stereocenters. The summed E-state index contributed by atoms with van der Waals surface area (Å²) in [5.74, 6) is 0.877. The van der Waals surface area contributed by atoms with Crippen LogP contribution in [-0.2, 0) is 6.54 Å². The zero-order valence-electron chi connectivity index (χ0n) is 13.2. The summed E-state index contributed by atoms with van der Waals surface area (Å²) < 4.78 is 8.93. The lowest BCUT2D eigenvalue weighted by Crippen LogP contribution is -2.29. The molecule has 0 atom stereocenters. The Hall–Kier alpha value is -0.940. The van der Waals surface area contributed by atoms with Gasteiger partial charge in [0.25, 0.3) is 0 Å². The molecule has 0 saturated carbocycles. The fourth-order valence-corrected chi connectivity index (χ4v) is 3.80. The molecule has 0 spiro atoms. The second-order valence-electron chi connectivity index (χ2n) is 5.19. The average molecular weight is 325 g/mol. The van der Waals surface area contributed by atoms with E-state index in [0.717, 1.165) is 40.9 Å². The number of ether oxygens (including phenoxy) is 1. The maximum Gasteiger partial charge on any atom is 0.178 e. The van der Waals surface area contributed by atoms with Crippen LogP contribution >= 0.6 is 24.0 Å². The summed E-state index contributed by atoms with van der Waals surface area (Å²) in [5, 5.41) is 0. The molecule has 0 fully saturated rings. The Balaban J connectivity index is 2.52. The molecule has 0 aliphatic carbocycles. The summed E-state index contributed by atoms with van der Waals surface area (Å²) in [5.41, 5.74) is 2.14. The molecule has 0 aliphatic heterocycles. The Morgan fingerprint density at radius 2 is 2.00 bits per heavy atom. The Bertz CT molecular complexity index is 648. The number of hydrogen-bond acceptors (Lipinski definition) is 3. The van der Waals surface area contributed by atoms with E-state index in [2.05, 4.69) is 35.7 Å². The Morgan fingerprint density at radius 1 is 1.29 bits per heavy atom. The summed E-state index contributed by atoms with van der Waals surface area (Å²) in [6.45, 7) is 8.09. The number of benzene rings is 1. The number of aromatic amines is 1. The van der Waals surface area contributed by atoms with Crippen molar-refractivity contribution in [3.05, 3.63) is 23.0 Å². The summed E-state index contributed by atoms with van der Waals surface area (Å²) >= 11 is 7.49. The van der Waals surface area contributed by atoms with Crippen LogP contribution in [0.2, 0.25) is 0 Å². The van der Waals surface area contributed by atoms with Crippen molar-refractivity contribution in [1.82, 2.24) is 9.55 Å². The van der Waals surface area contributed by atoms with Crippen LogP contribution < -0.4 is 4.74 Å². The van der Waals surface area contributed by atoms with Gasteiger partial charge in [0.15, 0.2) is 4.77 Å². The van der Waals surface area contributed by atoms with Gasteiger partial charge in [0, 0.05) is 11.3 Å². The lowest BCUT2D eigenvalue weighted by Gasteiger charge is -2.30. The first-order valence-corrected chi connectivity index (χ1v) is 9.13. The second kappa shape index (κ2) is 6.88. The summed E-state index contributed by atoms with van der Waals surface area (Å²) in [7, 11) is 0. The van der Waals surface area contributed by atoms with Gasteiger partial charge in [-0.15, -0.1) is 0 Å². The number of para-hydroxylation sites is 1. The third-order valence-corrected chi connectivity index (χ3v) is 6.13. The van der Waals surface area contributed by atoms with E-state index in [-0.39, 0.29) is 4.75 Å². The quantitative estimate of drug-likeness (QED) is 0.725. The van der Waals surface area contributed by atoms with E-state index in [1.54, 1.807) is 0 Å². The third-order valence-electron chi connectivity index (χ3n) is 4.24. The molecular weight excluding hydrogens is 300 g/mol. The highest BCUT2D eigenvalue weighted by Gasteiger charge is 2.26. The van der Waals surface area contributed by atoms with E-state index in [1.165, 1.54) is 0 Å². The summed E-state index contributed by atoms with van der Waals surface area (Å²) in [6, 6.07) is 6.13. The Morgan fingerprint density at radius 3 is 2.57 bits per heavy atom. The van der Waals surface area contributed by atoms with E-state index >= 15 is 0 Å². The molecule has 116 valence electrons. The van der Waals surface area contributed by atoms with Gasteiger partial charge in [0.05, 0.1) is 12.1 Å². The van der Waals surface area contributed by atoms with Crippen molar-refractivity contribution < 1.29 is 4.74 Å². The maximum absolute atomic E-state index is 5.70. The van der Waals surface area contributed by atoms with Gasteiger partial charge in [0.1, 0.15) is 11.3 Å². The molecule has 3 nitrogen and oxygen atoms in total. The number of aromatic nitrogens is 2. The molecule has 5 heteroatoms. The van der Waals surface area contributed by atoms with Gasteiger partial charge < -0.3 is 14.3 Å². The average Bonchev–Trinajstić information content (AvgIpc) is 2.82. The zero-order chi connectivity index (χ0) is 15.5. The van der Waals surface area contributed by atoms with Crippen LogP contribution in [0.4, 0.5) is 0 Å². The van der Waals surface area contributed by atoms with E-state index in [4.69, 9.17) is 17.0 Å². The predicted molar refractivity (Wildman–Crippen MR) is 95.1 cm³/mol. The lowest BCUT2D eigenvalue weighted by molar-refractivity contribution is 0.343. The van der Waals surface area contributed by atoms with E-state index in [0.29, 0.717) is 6.61 Å². The van der Waals surface area contributed by atoms with E-state index < -0.39 is 0 Å². The van der Waals surface area contributed by atoms with Crippen molar-refractivity contribution in [3.8, 4) is 5.75 Å². The standard InChI is InChI=1S/C16H24N2OS2/c1-5-16(6-2,21-4)11-18-12-9-8-10-13(19-7-3)14(12)17-15(18)20/h8-10H,5-7,11H2,1-4H3,(H,17,20). The smallest absolute Gasteiger partial charge is 0.178 e. The molecule has 0 radical (unpaired) electrons. The maximum atomic E-state index is 5.70. The van der Waals surface area contributed by atoms with Gasteiger partial charge in [-0.2, -0.15) is 11.8 Å². The second-order valence-corrected chi connectivity index (χ2v) is 6.85. The van der Waals surface area contributed by atoms with Gasteiger partial charge in [-0.05, 0) is 50.4 Å². The minimum Gasteiger partial charge on any atom is -0.492 e. The summed E-state index contributed by atoms with van der Waals surface area (Å²) in [4.78, 5) is 3.32. The molecule has 2 aromatic rings. The SMILES string of the molecule is CCOc1cccc2c1[nH]c(=S)n2CC(CC)(CC)SC. The molecule has 21 heavy (non-hydrogen) atoms. The molecule has 1 aromatic heterocycles. The number of nitrogens with zero attached hydrogens (tertiary/aromatic N) is 1. The van der Waals surface area contributed by atoms with Crippen molar-refractivity contribution in [3.63, 3.8) is 0 Å². The number of H-pyrrole nitrogens is 1. The first kappa shape index (κ1) is 16.4. The molecule has 0 aliphatic rings. The number of hydrogen-bond donors (Lipinski definition) is 1. The van der Waals surface area contributed by atoms with Crippen molar-refractivity contribution in [1.29, 1.82) is 0 Å². The first-order valence-electron chi connectivity index (χ1n) is 7.50. The largest absolute Gasteiger partial charge is 0.492 e. The number of thioether (sulfide) groups is 1. The van der Waals surface area contributed by atoms with E-state index in [9.17, 15) is 0 Å². The van der Waals surface area contributed by atoms with Crippen LogP contribution in [0.1, 0.15) is 33.6 Å². The Kier molecular flexibility index (Phi) is 5.38. The molecule has 0 saturated heterocycles. The molecular formula is C16H24N2OS2. The summed E-state index contributed by atoms with van der Waals surface area (Å²) in [6.07, 6.45) is 4.45.